The van der Waals surface area contributed by atoms with E-state index in [2.05, 4.69) is 5.32 Å². The first-order valence-corrected chi connectivity index (χ1v) is 7.85. The minimum atomic E-state index is -0.137. The molecule has 0 aromatic heterocycles. The third kappa shape index (κ3) is 4.89. The highest BCUT2D eigenvalue weighted by Gasteiger charge is 2.10. The number of hydrogen-bond acceptors (Lipinski definition) is 3. The maximum absolute atomic E-state index is 12.2. The van der Waals surface area contributed by atoms with Crippen molar-refractivity contribution in [1.29, 1.82) is 0 Å². The van der Waals surface area contributed by atoms with Crippen molar-refractivity contribution in [3.8, 4) is 11.5 Å². The molecule has 1 N–H and O–H groups in total. The molecular weight excluding hydrogens is 314 g/mol. The van der Waals surface area contributed by atoms with Crippen molar-refractivity contribution < 1.29 is 14.3 Å². The van der Waals surface area contributed by atoms with E-state index in [0.717, 1.165) is 12.0 Å². The predicted molar refractivity (Wildman–Crippen MR) is 91.7 cm³/mol. The normalized spacial score (nSPS) is 10.2. The van der Waals surface area contributed by atoms with Crippen LogP contribution in [0, 0.1) is 0 Å². The molecule has 0 spiro atoms. The summed E-state index contributed by atoms with van der Waals surface area (Å²) in [4.78, 5) is 12.2. The van der Waals surface area contributed by atoms with Gasteiger partial charge in [-0.15, -0.1) is 0 Å². The van der Waals surface area contributed by atoms with Crippen LogP contribution < -0.4 is 14.8 Å². The van der Waals surface area contributed by atoms with Gasteiger partial charge >= 0.3 is 0 Å². The molecule has 4 nitrogen and oxygen atoms in total. The fourth-order valence-electron chi connectivity index (χ4n) is 2.16. The Bertz CT molecular complexity index is 656. The van der Waals surface area contributed by atoms with Gasteiger partial charge < -0.3 is 14.8 Å². The molecule has 23 heavy (non-hydrogen) atoms. The summed E-state index contributed by atoms with van der Waals surface area (Å²) in [5, 5.41) is 3.61. The van der Waals surface area contributed by atoms with Crippen molar-refractivity contribution in [2.45, 2.75) is 13.3 Å². The lowest BCUT2D eigenvalue weighted by Crippen LogP contribution is -2.25. The lowest BCUT2D eigenvalue weighted by atomic mass is 10.1. The maximum Gasteiger partial charge on any atom is 0.251 e. The second-order valence-electron chi connectivity index (χ2n) is 4.93. The van der Waals surface area contributed by atoms with Gasteiger partial charge in [0.2, 0.25) is 0 Å². The molecule has 0 bridgehead atoms. The summed E-state index contributed by atoms with van der Waals surface area (Å²) in [5.41, 5.74) is 1.67. The van der Waals surface area contributed by atoms with Crippen LogP contribution in [0.25, 0.3) is 0 Å². The molecule has 0 aliphatic rings. The van der Waals surface area contributed by atoms with Crippen LogP contribution in [0.1, 0.15) is 22.8 Å². The Morgan fingerprint density at radius 2 is 1.87 bits per heavy atom. The molecule has 0 unspecified atom stereocenters. The highest BCUT2D eigenvalue weighted by atomic mass is 35.5. The Labute approximate surface area is 141 Å². The third-order valence-corrected chi connectivity index (χ3v) is 3.59. The average molecular weight is 334 g/mol. The lowest BCUT2D eigenvalue weighted by Gasteiger charge is -2.11. The highest BCUT2D eigenvalue weighted by Crippen LogP contribution is 2.27. The van der Waals surface area contributed by atoms with Gasteiger partial charge in [-0.1, -0.05) is 23.7 Å². The van der Waals surface area contributed by atoms with Gasteiger partial charge in [-0.3, -0.25) is 4.79 Å². The van der Waals surface area contributed by atoms with Crippen LogP contribution in [0.4, 0.5) is 0 Å². The molecule has 0 heterocycles. The Hall–Kier alpha value is -2.20. The summed E-state index contributed by atoms with van der Waals surface area (Å²) < 4.78 is 10.7. The van der Waals surface area contributed by atoms with E-state index in [1.54, 1.807) is 25.3 Å². The van der Waals surface area contributed by atoms with E-state index in [-0.39, 0.29) is 5.91 Å². The number of rotatable bonds is 7. The zero-order chi connectivity index (χ0) is 16.7. The number of carbonyl (C=O) groups is 1. The van der Waals surface area contributed by atoms with Gasteiger partial charge in [0, 0.05) is 17.1 Å². The van der Waals surface area contributed by atoms with Crippen LogP contribution in [0.15, 0.2) is 42.5 Å². The third-order valence-electron chi connectivity index (χ3n) is 3.34. The fraction of sp³-hybridized carbons (Fsp3) is 0.278. The Morgan fingerprint density at radius 3 is 2.52 bits per heavy atom. The summed E-state index contributed by atoms with van der Waals surface area (Å²) in [7, 11) is 1.57. The van der Waals surface area contributed by atoms with E-state index >= 15 is 0 Å². The van der Waals surface area contributed by atoms with Gasteiger partial charge in [0.05, 0.1) is 13.7 Å². The Kier molecular flexibility index (Phi) is 6.29. The Morgan fingerprint density at radius 1 is 1.13 bits per heavy atom. The second kappa shape index (κ2) is 8.44. The first-order chi connectivity index (χ1) is 11.1. The molecule has 0 saturated heterocycles. The van der Waals surface area contributed by atoms with E-state index in [0.29, 0.717) is 35.2 Å². The number of nitrogens with one attached hydrogen (secondary N) is 1. The van der Waals surface area contributed by atoms with E-state index in [1.807, 2.05) is 31.2 Å². The van der Waals surface area contributed by atoms with Gasteiger partial charge in [0.15, 0.2) is 11.5 Å². The van der Waals surface area contributed by atoms with Crippen LogP contribution >= 0.6 is 11.6 Å². The van der Waals surface area contributed by atoms with Crippen LogP contribution in [-0.2, 0) is 6.42 Å². The van der Waals surface area contributed by atoms with Gasteiger partial charge in [-0.25, -0.2) is 0 Å². The molecule has 0 aliphatic heterocycles. The number of methoxy groups -OCH3 is 1. The molecule has 0 aliphatic carbocycles. The zero-order valence-corrected chi connectivity index (χ0v) is 14.0. The number of carbonyl (C=O) groups excluding carboxylic acids is 1. The highest BCUT2D eigenvalue weighted by molar-refractivity contribution is 6.30. The van der Waals surface area contributed by atoms with Gasteiger partial charge in [-0.2, -0.15) is 0 Å². The van der Waals surface area contributed by atoms with Crippen molar-refractivity contribution in [3.63, 3.8) is 0 Å². The fourth-order valence-corrected chi connectivity index (χ4v) is 2.29. The molecule has 1 amide bonds. The molecule has 122 valence electrons. The standard InChI is InChI=1S/C18H20ClNO3/c1-3-23-17-12-14(6-9-16(17)22-2)18(21)20-11-10-13-4-7-15(19)8-5-13/h4-9,12H,3,10-11H2,1-2H3,(H,20,21). The van der Waals surface area contributed by atoms with Crippen LogP contribution in [0.3, 0.4) is 0 Å². The smallest absolute Gasteiger partial charge is 0.251 e. The second-order valence-corrected chi connectivity index (χ2v) is 5.37. The van der Waals surface area contributed by atoms with E-state index in [1.165, 1.54) is 0 Å². The van der Waals surface area contributed by atoms with E-state index in [4.69, 9.17) is 21.1 Å². The number of benzene rings is 2. The maximum atomic E-state index is 12.2. The molecule has 0 atom stereocenters. The zero-order valence-electron chi connectivity index (χ0n) is 13.3. The van der Waals surface area contributed by atoms with Crippen molar-refractivity contribution >= 4 is 17.5 Å². The SMILES string of the molecule is CCOc1cc(C(=O)NCCc2ccc(Cl)cc2)ccc1OC. The van der Waals surface area contributed by atoms with Crippen molar-refractivity contribution in [1.82, 2.24) is 5.32 Å². The molecule has 0 radical (unpaired) electrons. The van der Waals surface area contributed by atoms with E-state index < -0.39 is 0 Å². The Balaban J connectivity index is 1.94. The predicted octanol–water partition coefficient (Wildman–Crippen LogP) is 3.72. The average Bonchev–Trinajstić information content (AvgIpc) is 2.57. The molecule has 5 heteroatoms. The number of ether oxygens (including phenoxy) is 2. The molecule has 0 fully saturated rings. The molecular formula is C18H20ClNO3. The van der Waals surface area contributed by atoms with Gasteiger partial charge in [0.25, 0.3) is 5.91 Å². The topological polar surface area (TPSA) is 47.6 Å². The minimum absolute atomic E-state index is 0.137. The van der Waals surface area contributed by atoms with Crippen molar-refractivity contribution in [2.75, 3.05) is 20.3 Å². The quantitative estimate of drug-likeness (QED) is 0.840. The number of hydrogen-bond donors (Lipinski definition) is 1. The van der Waals surface area contributed by atoms with Crippen LogP contribution in [-0.4, -0.2) is 26.2 Å². The van der Waals surface area contributed by atoms with Gasteiger partial charge in [-0.05, 0) is 49.2 Å². The molecule has 2 rings (SSSR count). The molecule has 2 aromatic carbocycles. The van der Waals surface area contributed by atoms with Crippen LogP contribution in [0.5, 0.6) is 11.5 Å². The van der Waals surface area contributed by atoms with E-state index in [9.17, 15) is 4.79 Å². The first-order valence-electron chi connectivity index (χ1n) is 7.47. The first kappa shape index (κ1) is 17.2. The number of amides is 1. The summed E-state index contributed by atoms with van der Waals surface area (Å²) in [5.74, 6) is 1.05. The monoisotopic (exact) mass is 333 g/mol. The molecule has 2 aromatic rings. The summed E-state index contributed by atoms with van der Waals surface area (Å²) in [6, 6.07) is 12.7. The summed E-state index contributed by atoms with van der Waals surface area (Å²) in [6.45, 7) is 2.95. The number of halogens is 1. The molecule has 0 saturated carbocycles. The van der Waals surface area contributed by atoms with Crippen molar-refractivity contribution in [3.05, 3.63) is 58.6 Å². The summed E-state index contributed by atoms with van der Waals surface area (Å²) in [6.07, 6.45) is 0.747. The summed E-state index contributed by atoms with van der Waals surface area (Å²) >= 11 is 5.85. The van der Waals surface area contributed by atoms with Crippen molar-refractivity contribution in [2.24, 2.45) is 0 Å². The lowest BCUT2D eigenvalue weighted by molar-refractivity contribution is 0.0953. The van der Waals surface area contributed by atoms with Gasteiger partial charge in [0.1, 0.15) is 0 Å². The minimum Gasteiger partial charge on any atom is -0.493 e. The largest absolute Gasteiger partial charge is 0.493 e. The van der Waals surface area contributed by atoms with Crippen LogP contribution in [0.2, 0.25) is 5.02 Å².